The molecule has 0 spiro atoms. The van der Waals surface area contributed by atoms with E-state index in [4.69, 9.17) is 0 Å². The lowest BCUT2D eigenvalue weighted by Crippen LogP contribution is -2.46. The molecule has 0 saturated carbocycles. The Morgan fingerprint density at radius 3 is 2.08 bits per heavy atom. The molecule has 0 saturated heterocycles. The van der Waals surface area contributed by atoms with Crippen molar-refractivity contribution in [3.63, 3.8) is 0 Å². The summed E-state index contributed by atoms with van der Waals surface area (Å²) < 4.78 is 0. The zero-order valence-corrected chi connectivity index (χ0v) is 12.5. The standard InChI is InChI=1S/C18H13NO5/c20-10-12-6-2-1-5-11(12)9-15(18(23)24)19-16(21)13-7-3-4-8-14(13)17(19)22/h1-8,10,15H,9H2,(H,23,24). The van der Waals surface area contributed by atoms with Crippen LogP contribution in [-0.2, 0) is 11.2 Å². The second-order valence-corrected chi connectivity index (χ2v) is 5.40. The summed E-state index contributed by atoms with van der Waals surface area (Å²) in [5.41, 5.74) is 1.19. The molecule has 1 unspecified atom stereocenters. The number of amides is 2. The second-order valence-electron chi connectivity index (χ2n) is 5.40. The first kappa shape index (κ1) is 15.6. The third-order valence-corrected chi connectivity index (χ3v) is 4.02. The summed E-state index contributed by atoms with van der Waals surface area (Å²) in [5.74, 6) is -2.57. The van der Waals surface area contributed by atoms with Crippen LogP contribution in [0.25, 0.3) is 0 Å². The number of nitrogens with zero attached hydrogens (tertiary/aromatic N) is 1. The van der Waals surface area contributed by atoms with Crippen LogP contribution in [-0.4, -0.2) is 40.1 Å². The minimum atomic E-state index is -1.38. The maximum absolute atomic E-state index is 12.5. The van der Waals surface area contributed by atoms with Gasteiger partial charge in [0.2, 0.25) is 0 Å². The number of carbonyl (C=O) groups excluding carboxylic acids is 3. The number of carboxylic acid groups (broad SMARTS) is 1. The van der Waals surface area contributed by atoms with E-state index in [1.54, 1.807) is 36.4 Å². The van der Waals surface area contributed by atoms with Crippen LogP contribution in [0.15, 0.2) is 48.5 Å². The maximum atomic E-state index is 12.5. The van der Waals surface area contributed by atoms with E-state index >= 15 is 0 Å². The molecule has 1 aliphatic rings. The van der Waals surface area contributed by atoms with Crippen LogP contribution in [0.4, 0.5) is 0 Å². The van der Waals surface area contributed by atoms with Crippen molar-refractivity contribution >= 4 is 24.1 Å². The fraction of sp³-hybridized carbons (Fsp3) is 0.111. The summed E-state index contributed by atoms with van der Waals surface area (Å²) in [6.45, 7) is 0. The van der Waals surface area contributed by atoms with Crippen LogP contribution in [0.5, 0.6) is 0 Å². The van der Waals surface area contributed by atoms with Crippen molar-refractivity contribution in [1.82, 2.24) is 4.90 Å². The van der Waals surface area contributed by atoms with Gasteiger partial charge in [-0.3, -0.25) is 19.3 Å². The molecular weight excluding hydrogens is 310 g/mol. The van der Waals surface area contributed by atoms with Crippen LogP contribution in [0.1, 0.15) is 36.6 Å². The van der Waals surface area contributed by atoms with Gasteiger partial charge in [0.05, 0.1) is 11.1 Å². The summed E-state index contributed by atoms with van der Waals surface area (Å²) in [4.78, 5) is 48.5. The van der Waals surface area contributed by atoms with E-state index in [0.717, 1.165) is 4.90 Å². The fourth-order valence-corrected chi connectivity index (χ4v) is 2.82. The Bertz CT molecular complexity index is 823. The highest BCUT2D eigenvalue weighted by molar-refractivity contribution is 6.22. The highest BCUT2D eigenvalue weighted by atomic mass is 16.4. The SMILES string of the molecule is O=Cc1ccccc1CC(C(=O)O)N1C(=O)c2ccccc2C1=O. The fourth-order valence-electron chi connectivity index (χ4n) is 2.82. The number of rotatable bonds is 5. The third-order valence-electron chi connectivity index (χ3n) is 4.02. The van der Waals surface area contributed by atoms with Gasteiger partial charge >= 0.3 is 5.97 Å². The number of aldehydes is 1. The molecule has 0 aliphatic carbocycles. The van der Waals surface area contributed by atoms with Crippen LogP contribution in [0.2, 0.25) is 0 Å². The quantitative estimate of drug-likeness (QED) is 0.669. The molecule has 120 valence electrons. The molecule has 1 heterocycles. The van der Waals surface area contributed by atoms with Crippen LogP contribution in [0.3, 0.4) is 0 Å². The van der Waals surface area contributed by atoms with Crippen LogP contribution in [0, 0.1) is 0 Å². The molecule has 3 rings (SSSR count). The van der Waals surface area contributed by atoms with Gasteiger partial charge in [0.15, 0.2) is 0 Å². The van der Waals surface area contributed by atoms with Gasteiger partial charge in [-0.1, -0.05) is 36.4 Å². The van der Waals surface area contributed by atoms with Gasteiger partial charge in [-0.15, -0.1) is 0 Å². The molecule has 1 atom stereocenters. The molecule has 6 heteroatoms. The first-order chi connectivity index (χ1) is 11.5. The van der Waals surface area contributed by atoms with Gasteiger partial charge in [0.25, 0.3) is 11.8 Å². The number of hydrogen-bond acceptors (Lipinski definition) is 4. The van der Waals surface area contributed by atoms with E-state index in [1.165, 1.54) is 12.1 Å². The molecule has 2 aromatic carbocycles. The van der Waals surface area contributed by atoms with Gasteiger partial charge in [-0.05, 0) is 17.7 Å². The van der Waals surface area contributed by atoms with Gasteiger partial charge in [0, 0.05) is 12.0 Å². The summed E-state index contributed by atoms with van der Waals surface area (Å²) in [7, 11) is 0. The minimum Gasteiger partial charge on any atom is -0.480 e. The van der Waals surface area contributed by atoms with Crippen molar-refractivity contribution in [3.05, 3.63) is 70.8 Å². The number of carbonyl (C=O) groups is 4. The summed E-state index contributed by atoms with van der Waals surface area (Å²) in [6.07, 6.45) is 0.492. The first-order valence-electron chi connectivity index (χ1n) is 7.27. The average molecular weight is 323 g/mol. The van der Waals surface area contributed by atoms with Crippen molar-refractivity contribution in [3.8, 4) is 0 Å². The number of carboxylic acids is 1. The summed E-state index contributed by atoms with van der Waals surface area (Å²) >= 11 is 0. The molecule has 0 fully saturated rings. The molecule has 6 nitrogen and oxygen atoms in total. The summed E-state index contributed by atoms with van der Waals surface area (Å²) in [5, 5.41) is 9.54. The van der Waals surface area contributed by atoms with E-state index < -0.39 is 23.8 Å². The lowest BCUT2D eigenvalue weighted by Gasteiger charge is -2.23. The van der Waals surface area contributed by atoms with Crippen molar-refractivity contribution in [2.75, 3.05) is 0 Å². The lowest BCUT2D eigenvalue weighted by molar-refractivity contribution is -0.141. The van der Waals surface area contributed by atoms with Crippen molar-refractivity contribution in [2.45, 2.75) is 12.5 Å². The highest BCUT2D eigenvalue weighted by Gasteiger charge is 2.42. The first-order valence-corrected chi connectivity index (χ1v) is 7.27. The maximum Gasteiger partial charge on any atom is 0.327 e. The molecule has 0 bridgehead atoms. The molecule has 24 heavy (non-hydrogen) atoms. The van der Waals surface area contributed by atoms with Crippen LogP contribution >= 0.6 is 0 Å². The monoisotopic (exact) mass is 323 g/mol. The molecule has 1 aliphatic heterocycles. The highest BCUT2D eigenvalue weighted by Crippen LogP contribution is 2.26. The van der Waals surface area contributed by atoms with E-state index in [1.807, 2.05) is 0 Å². The molecule has 0 radical (unpaired) electrons. The van der Waals surface area contributed by atoms with Crippen molar-refractivity contribution in [1.29, 1.82) is 0 Å². The molecule has 0 aromatic heterocycles. The smallest absolute Gasteiger partial charge is 0.327 e. The molecular formula is C18H13NO5. The Morgan fingerprint density at radius 1 is 1.00 bits per heavy atom. The normalized spacial score (nSPS) is 14.4. The average Bonchev–Trinajstić information content (AvgIpc) is 2.84. The predicted molar refractivity (Wildman–Crippen MR) is 83.9 cm³/mol. The summed E-state index contributed by atoms with van der Waals surface area (Å²) in [6, 6.07) is 11.3. The number of hydrogen-bond donors (Lipinski definition) is 1. The van der Waals surface area contributed by atoms with Gasteiger partial charge in [-0.25, -0.2) is 4.79 Å². The van der Waals surface area contributed by atoms with Crippen molar-refractivity contribution in [2.24, 2.45) is 0 Å². The second kappa shape index (κ2) is 6.08. The number of benzene rings is 2. The molecule has 2 aromatic rings. The van der Waals surface area contributed by atoms with E-state index in [0.29, 0.717) is 17.4 Å². The lowest BCUT2D eigenvalue weighted by atomic mass is 10.00. The molecule has 2 amide bonds. The predicted octanol–water partition coefficient (Wildman–Crippen LogP) is 1.79. The Labute approximate surface area is 137 Å². The topological polar surface area (TPSA) is 91.8 Å². The largest absolute Gasteiger partial charge is 0.480 e. The Hall–Kier alpha value is -3.28. The van der Waals surface area contributed by atoms with Gasteiger partial charge < -0.3 is 5.11 Å². The number of imide groups is 1. The van der Waals surface area contributed by atoms with E-state index in [9.17, 15) is 24.3 Å². The van der Waals surface area contributed by atoms with E-state index in [-0.39, 0.29) is 17.5 Å². The Kier molecular flexibility index (Phi) is 3.95. The van der Waals surface area contributed by atoms with Gasteiger partial charge in [0.1, 0.15) is 12.3 Å². The molecule has 1 N–H and O–H groups in total. The number of aliphatic carboxylic acids is 1. The van der Waals surface area contributed by atoms with E-state index in [2.05, 4.69) is 0 Å². The zero-order valence-electron chi connectivity index (χ0n) is 12.5. The van der Waals surface area contributed by atoms with Gasteiger partial charge in [-0.2, -0.15) is 0 Å². The van der Waals surface area contributed by atoms with Crippen LogP contribution < -0.4 is 0 Å². The Balaban J connectivity index is 1.99. The third kappa shape index (κ3) is 2.48. The zero-order chi connectivity index (χ0) is 17.3. The number of fused-ring (bicyclic) bond motifs is 1. The Morgan fingerprint density at radius 2 is 1.54 bits per heavy atom. The van der Waals surface area contributed by atoms with Crippen molar-refractivity contribution < 1.29 is 24.3 Å². The minimum absolute atomic E-state index is 0.129.